The van der Waals surface area contributed by atoms with E-state index < -0.39 is 5.60 Å². The molecule has 6 heteroatoms. The maximum absolute atomic E-state index is 12.1. The van der Waals surface area contributed by atoms with Crippen LogP contribution in [0.5, 0.6) is 0 Å². The monoisotopic (exact) mass is 278 g/mol. The minimum Gasteiger partial charge on any atom is -0.444 e. The SMILES string of the molecule is CC(C)(C)OC(=O)N1CCCC(Nc2cncnc2)C1. The van der Waals surface area contributed by atoms with Crippen LogP contribution in [0.4, 0.5) is 10.5 Å². The van der Waals surface area contributed by atoms with Gasteiger partial charge in [0.05, 0.1) is 18.1 Å². The Kier molecular flexibility index (Phi) is 4.42. The molecule has 1 aliphatic heterocycles. The molecule has 1 N–H and O–H groups in total. The number of piperidine rings is 1. The van der Waals surface area contributed by atoms with Gasteiger partial charge in [0.15, 0.2) is 0 Å². The number of carbonyl (C=O) groups is 1. The van der Waals surface area contributed by atoms with Crippen molar-refractivity contribution < 1.29 is 9.53 Å². The number of amides is 1. The average Bonchev–Trinajstić information content (AvgIpc) is 2.38. The van der Waals surface area contributed by atoms with Crippen molar-refractivity contribution >= 4 is 11.8 Å². The second-order valence-corrected chi connectivity index (χ2v) is 6.04. The lowest BCUT2D eigenvalue weighted by Gasteiger charge is -2.34. The molecule has 1 saturated heterocycles. The Morgan fingerprint density at radius 2 is 2.10 bits per heavy atom. The van der Waals surface area contributed by atoms with Crippen LogP contribution in [0.2, 0.25) is 0 Å². The minimum atomic E-state index is -0.454. The molecule has 0 aromatic carbocycles. The molecule has 1 amide bonds. The first-order chi connectivity index (χ1) is 9.44. The van der Waals surface area contributed by atoms with Crippen LogP contribution in [0.3, 0.4) is 0 Å². The lowest BCUT2D eigenvalue weighted by atomic mass is 10.1. The molecule has 0 saturated carbocycles. The summed E-state index contributed by atoms with van der Waals surface area (Å²) in [7, 11) is 0. The minimum absolute atomic E-state index is 0.210. The number of aromatic nitrogens is 2. The van der Waals surface area contributed by atoms with Gasteiger partial charge in [-0.25, -0.2) is 14.8 Å². The molecule has 1 atom stereocenters. The number of rotatable bonds is 2. The van der Waals surface area contributed by atoms with E-state index in [4.69, 9.17) is 4.74 Å². The first-order valence-corrected chi connectivity index (χ1v) is 6.93. The number of nitrogens with zero attached hydrogens (tertiary/aromatic N) is 3. The predicted molar refractivity (Wildman–Crippen MR) is 76.5 cm³/mol. The van der Waals surface area contributed by atoms with Crippen LogP contribution in [0, 0.1) is 0 Å². The van der Waals surface area contributed by atoms with E-state index in [1.165, 1.54) is 6.33 Å². The van der Waals surface area contributed by atoms with Gasteiger partial charge in [0.1, 0.15) is 11.9 Å². The van der Waals surface area contributed by atoms with Gasteiger partial charge in [-0.2, -0.15) is 0 Å². The van der Waals surface area contributed by atoms with Gasteiger partial charge in [-0.1, -0.05) is 0 Å². The van der Waals surface area contributed by atoms with Gasteiger partial charge < -0.3 is 15.0 Å². The number of ether oxygens (including phenoxy) is 1. The summed E-state index contributed by atoms with van der Waals surface area (Å²) in [4.78, 5) is 21.8. The molecule has 6 nitrogen and oxygen atoms in total. The van der Waals surface area contributed by atoms with Crippen molar-refractivity contribution in [2.45, 2.75) is 45.3 Å². The van der Waals surface area contributed by atoms with E-state index in [1.54, 1.807) is 17.3 Å². The molecule has 1 fully saturated rings. The van der Waals surface area contributed by atoms with Crippen LogP contribution in [-0.4, -0.2) is 45.7 Å². The third-order valence-electron chi connectivity index (χ3n) is 3.00. The van der Waals surface area contributed by atoms with Crippen molar-refractivity contribution in [3.8, 4) is 0 Å². The number of carbonyl (C=O) groups excluding carboxylic acids is 1. The van der Waals surface area contributed by atoms with Crippen molar-refractivity contribution in [1.82, 2.24) is 14.9 Å². The Labute approximate surface area is 119 Å². The first kappa shape index (κ1) is 14.6. The normalized spacial score (nSPS) is 19.6. The first-order valence-electron chi connectivity index (χ1n) is 6.93. The van der Waals surface area contributed by atoms with Gasteiger partial charge >= 0.3 is 6.09 Å². The Balaban J connectivity index is 1.90. The van der Waals surface area contributed by atoms with Gasteiger partial charge in [-0.15, -0.1) is 0 Å². The summed E-state index contributed by atoms with van der Waals surface area (Å²) in [6.45, 7) is 7.03. The maximum Gasteiger partial charge on any atom is 0.410 e. The summed E-state index contributed by atoms with van der Waals surface area (Å²) < 4.78 is 5.41. The number of nitrogens with one attached hydrogen (secondary N) is 1. The number of likely N-dealkylation sites (tertiary alicyclic amines) is 1. The van der Waals surface area contributed by atoms with E-state index in [0.717, 1.165) is 25.1 Å². The lowest BCUT2D eigenvalue weighted by molar-refractivity contribution is 0.0206. The highest BCUT2D eigenvalue weighted by Crippen LogP contribution is 2.17. The van der Waals surface area contributed by atoms with Crippen molar-refractivity contribution in [1.29, 1.82) is 0 Å². The van der Waals surface area contributed by atoms with Crippen LogP contribution in [0.25, 0.3) is 0 Å². The fourth-order valence-corrected chi connectivity index (χ4v) is 2.20. The molecular weight excluding hydrogens is 256 g/mol. The molecule has 0 spiro atoms. The zero-order chi connectivity index (χ0) is 14.6. The zero-order valence-corrected chi connectivity index (χ0v) is 12.3. The molecule has 1 aromatic rings. The largest absolute Gasteiger partial charge is 0.444 e. The second-order valence-electron chi connectivity index (χ2n) is 6.04. The van der Waals surface area contributed by atoms with Gasteiger partial charge in [0, 0.05) is 19.1 Å². The summed E-state index contributed by atoms with van der Waals surface area (Å²) in [6, 6.07) is 0.210. The van der Waals surface area contributed by atoms with Crippen LogP contribution in [0.15, 0.2) is 18.7 Å². The molecule has 1 aromatic heterocycles. The van der Waals surface area contributed by atoms with Crippen LogP contribution < -0.4 is 5.32 Å². The maximum atomic E-state index is 12.1. The molecule has 0 aliphatic carbocycles. The van der Waals surface area contributed by atoms with E-state index in [-0.39, 0.29) is 12.1 Å². The third kappa shape index (κ3) is 4.36. The van der Waals surface area contributed by atoms with Gasteiger partial charge in [-0.3, -0.25) is 0 Å². The van der Waals surface area contributed by atoms with Gasteiger partial charge in [0.2, 0.25) is 0 Å². The Hall–Kier alpha value is -1.85. The molecule has 110 valence electrons. The summed E-state index contributed by atoms with van der Waals surface area (Å²) in [5.41, 5.74) is 0.425. The van der Waals surface area contributed by atoms with Crippen molar-refractivity contribution in [2.75, 3.05) is 18.4 Å². The molecule has 2 rings (SSSR count). The number of hydrogen-bond donors (Lipinski definition) is 1. The third-order valence-corrected chi connectivity index (χ3v) is 3.00. The van der Waals surface area contributed by atoms with Crippen molar-refractivity contribution in [3.05, 3.63) is 18.7 Å². The highest BCUT2D eigenvalue weighted by Gasteiger charge is 2.27. The Morgan fingerprint density at radius 3 is 2.75 bits per heavy atom. The zero-order valence-electron chi connectivity index (χ0n) is 12.3. The predicted octanol–water partition coefficient (Wildman–Crippen LogP) is 2.29. The fourth-order valence-electron chi connectivity index (χ4n) is 2.20. The highest BCUT2D eigenvalue weighted by atomic mass is 16.6. The van der Waals surface area contributed by atoms with E-state index in [9.17, 15) is 4.79 Å². The van der Waals surface area contributed by atoms with E-state index in [0.29, 0.717) is 6.54 Å². The van der Waals surface area contributed by atoms with Crippen LogP contribution in [0.1, 0.15) is 33.6 Å². The van der Waals surface area contributed by atoms with Crippen LogP contribution >= 0.6 is 0 Å². The van der Waals surface area contributed by atoms with E-state index in [2.05, 4.69) is 15.3 Å². The highest BCUT2D eigenvalue weighted by molar-refractivity contribution is 5.68. The summed E-state index contributed by atoms with van der Waals surface area (Å²) in [6.07, 6.45) is 6.71. The number of anilines is 1. The summed E-state index contributed by atoms with van der Waals surface area (Å²) in [5, 5.41) is 3.35. The Morgan fingerprint density at radius 1 is 1.40 bits per heavy atom. The second kappa shape index (κ2) is 6.07. The summed E-state index contributed by atoms with van der Waals surface area (Å²) in [5.74, 6) is 0. The summed E-state index contributed by atoms with van der Waals surface area (Å²) >= 11 is 0. The van der Waals surface area contributed by atoms with Crippen molar-refractivity contribution in [3.63, 3.8) is 0 Å². The van der Waals surface area contributed by atoms with E-state index >= 15 is 0 Å². The average molecular weight is 278 g/mol. The van der Waals surface area contributed by atoms with Crippen LogP contribution in [-0.2, 0) is 4.74 Å². The quantitative estimate of drug-likeness (QED) is 0.899. The fraction of sp³-hybridized carbons (Fsp3) is 0.643. The molecule has 1 unspecified atom stereocenters. The molecule has 0 bridgehead atoms. The smallest absolute Gasteiger partial charge is 0.410 e. The van der Waals surface area contributed by atoms with Gasteiger partial charge in [0.25, 0.3) is 0 Å². The van der Waals surface area contributed by atoms with Crippen molar-refractivity contribution in [2.24, 2.45) is 0 Å². The molecule has 2 heterocycles. The number of hydrogen-bond acceptors (Lipinski definition) is 5. The topological polar surface area (TPSA) is 67.3 Å². The van der Waals surface area contributed by atoms with E-state index in [1.807, 2.05) is 20.8 Å². The molecule has 20 heavy (non-hydrogen) atoms. The molecule has 0 radical (unpaired) electrons. The standard InChI is InChI=1S/C14H22N4O2/c1-14(2,3)20-13(19)18-6-4-5-11(9-18)17-12-7-15-10-16-8-12/h7-8,10-11,17H,4-6,9H2,1-3H3. The Bertz CT molecular complexity index is 444. The lowest BCUT2D eigenvalue weighted by Crippen LogP contribution is -2.47. The molecule has 1 aliphatic rings. The molecular formula is C14H22N4O2. The van der Waals surface area contributed by atoms with Gasteiger partial charge in [-0.05, 0) is 33.6 Å².